The summed E-state index contributed by atoms with van der Waals surface area (Å²) in [5.74, 6) is -0.766. The molecule has 0 amide bonds. The molecular formula is C10H9BrClF2NO2. The molecule has 3 nitrogen and oxygen atoms in total. The number of aromatic nitrogens is 1. The number of hydrogen-bond acceptors (Lipinski definition) is 3. The van der Waals surface area contributed by atoms with Gasteiger partial charge in [0.15, 0.2) is 5.69 Å². The quantitative estimate of drug-likeness (QED) is 0.480. The molecule has 0 aliphatic carbocycles. The average Bonchev–Trinajstić information content (AvgIpc) is 2.28. The van der Waals surface area contributed by atoms with Crippen LogP contribution in [0.4, 0.5) is 8.78 Å². The van der Waals surface area contributed by atoms with Gasteiger partial charge in [-0.2, -0.15) is 0 Å². The molecule has 0 unspecified atom stereocenters. The average molecular weight is 329 g/mol. The molecular weight excluding hydrogens is 319 g/mol. The highest BCUT2D eigenvalue weighted by atomic mass is 79.9. The standard InChI is InChI=1S/C10H9BrClF2NO2/c1-2-17-10(16)7-3-5(9(13)14)6(4-11)8(12)15-7/h3,9H,2,4H2,1H3. The summed E-state index contributed by atoms with van der Waals surface area (Å²) in [6, 6.07) is 1.01. The van der Waals surface area contributed by atoms with Gasteiger partial charge in [0.1, 0.15) is 5.15 Å². The Morgan fingerprint density at radius 1 is 1.65 bits per heavy atom. The van der Waals surface area contributed by atoms with Gasteiger partial charge in [-0.1, -0.05) is 27.5 Å². The third-order valence-electron chi connectivity index (χ3n) is 1.96. The maximum absolute atomic E-state index is 12.8. The Kier molecular flexibility index (Phi) is 5.27. The number of nitrogens with zero attached hydrogens (tertiary/aromatic N) is 1. The van der Waals surface area contributed by atoms with Crippen LogP contribution in [0.3, 0.4) is 0 Å². The summed E-state index contributed by atoms with van der Waals surface area (Å²) in [6.45, 7) is 1.75. The maximum Gasteiger partial charge on any atom is 0.356 e. The molecule has 0 aliphatic heterocycles. The van der Waals surface area contributed by atoms with E-state index in [2.05, 4.69) is 25.7 Å². The SMILES string of the molecule is CCOC(=O)c1cc(C(F)F)c(CBr)c(Cl)n1. The first-order valence-electron chi connectivity index (χ1n) is 4.71. The van der Waals surface area contributed by atoms with Crippen LogP contribution >= 0.6 is 27.5 Å². The predicted octanol–water partition coefficient (Wildman–Crippen LogP) is 3.74. The lowest BCUT2D eigenvalue weighted by molar-refractivity contribution is 0.0519. The van der Waals surface area contributed by atoms with Gasteiger partial charge in [0.05, 0.1) is 6.61 Å². The zero-order valence-corrected chi connectivity index (χ0v) is 11.2. The molecule has 0 aromatic carbocycles. The molecule has 1 aromatic rings. The lowest BCUT2D eigenvalue weighted by Gasteiger charge is -2.10. The first-order valence-corrected chi connectivity index (χ1v) is 6.21. The van der Waals surface area contributed by atoms with Crippen molar-refractivity contribution in [1.82, 2.24) is 4.98 Å². The fourth-order valence-electron chi connectivity index (χ4n) is 1.20. The summed E-state index contributed by atoms with van der Waals surface area (Å²) in [7, 11) is 0. The van der Waals surface area contributed by atoms with Gasteiger partial charge < -0.3 is 4.74 Å². The Morgan fingerprint density at radius 3 is 2.76 bits per heavy atom. The molecule has 0 radical (unpaired) electrons. The highest BCUT2D eigenvalue weighted by molar-refractivity contribution is 9.08. The Morgan fingerprint density at radius 2 is 2.29 bits per heavy atom. The molecule has 0 saturated heterocycles. The van der Waals surface area contributed by atoms with Crippen molar-refractivity contribution in [2.24, 2.45) is 0 Å². The third kappa shape index (κ3) is 3.35. The van der Waals surface area contributed by atoms with E-state index in [-0.39, 0.29) is 33.9 Å². The van der Waals surface area contributed by atoms with Crippen LogP contribution in [0.2, 0.25) is 5.15 Å². The molecule has 0 bridgehead atoms. The lowest BCUT2D eigenvalue weighted by atomic mass is 10.1. The van der Waals surface area contributed by atoms with Crippen LogP contribution in [0, 0.1) is 0 Å². The molecule has 0 atom stereocenters. The van der Waals surface area contributed by atoms with E-state index in [4.69, 9.17) is 11.6 Å². The number of ether oxygens (including phenoxy) is 1. The fourth-order valence-corrected chi connectivity index (χ4v) is 2.21. The first-order chi connectivity index (χ1) is 8.01. The number of pyridine rings is 1. The van der Waals surface area contributed by atoms with Gasteiger partial charge in [-0.25, -0.2) is 18.6 Å². The maximum atomic E-state index is 12.8. The summed E-state index contributed by atoms with van der Waals surface area (Å²) >= 11 is 8.79. The summed E-state index contributed by atoms with van der Waals surface area (Å²) in [4.78, 5) is 15.1. The second kappa shape index (κ2) is 6.26. The topological polar surface area (TPSA) is 39.2 Å². The van der Waals surface area contributed by atoms with Crippen LogP contribution in [-0.2, 0) is 10.1 Å². The minimum Gasteiger partial charge on any atom is -0.461 e. The molecule has 0 aliphatic rings. The van der Waals surface area contributed by atoms with E-state index < -0.39 is 12.4 Å². The lowest BCUT2D eigenvalue weighted by Crippen LogP contribution is -2.10. The minimum atomic E-state index is -2.73. The molecule has 7 heteroatoms. The molecule has 0 N–H and O–H groups in total. The van der Waals surface area contributed by atoms with Crippen molar-refractivity contribution in [3.8, 4) is 0 Å². The van der Waals surface area contributed by atoms with E-state index in [0.717, 1.165) is 6.07 Å². The van der Waals surface area contributed by atoms with Crippen LogP contribution in [0.15, 0.2) is 6.07 Å². The van der Waals surface area contributed by atoms with Crippen LogP contribution in [0.25, 0.3) is 0 Å². The van der Waals surface area contributed by atoms with Gasteiger partial charge in [-0.3, -0.25) is 0 Å². The van der Waals surface area contributed by atoms with Crippen LogP contribution in [0.5, 0.6) is 0 Å². The molecule has 1 aromatic heterocycles. The number of rotatable bonds is 4. The number of esters is 1. The molecule has 0 saturated carbocycles. The van der Waals surface area contributed by atoms with Crippen molar-refractivity contribution in [3.05, 3.63) is 28.0 Å². The van der Waals surface area contributed by atoms with Crippen molar-refractivity contribution >= 4 is 33.5 Å². The van der Waals surface area contributed by atoms with Gasteiger partial charge in [-0.05, 0) is 13.0 Å². The third-order valence-corrected chi connectivity index (χ3v) is 2.83. The fraction of sp³-hybridized carbons (Fsp3) is 0.400. The summed E-state index contributed by atoms with van der Waals surface area (Å²) in [6.07, 6.45) is -2.73. The van der Waals surface area contributed by atoms with E-state index in [1.54, 1.807) is 6.92 Å². The van der Waals surface area contributed by atoms with Gasteiger partial charge in [-0.15, -0.1) is 0 Å². The van der Waals surface area contributed by atoms with E-state index in [1.165, 1.54) is 0 Å². The summed E-state index contributed by atoms with van der Waals surface area (Å²) in [5, 5.41) is 0.0180. The number of hydrogen-bond donors (Lipinski definition) is 0. The van der Waals surface area contributed by atoms with Crippen molar-refractivity contribution in [2.45, 2.75) is 18.7 Å². The van der Waals surface area contributed by atoms with Gasteiger partial charge in [0.25, 0.3) is 6.43 Å². The summed E-state index contributed by atoms with van der Waals surface area (Å²) < 4.78 is 30.2. The monoisotopic (exact) mass is 327 g/mol. The smallest absolute Gasteiger partial charge is 0.356 e. The number of halogens is 4. The number of carbonyl (C=O) groups is 1. The second-order valence-electron chi connectivity index (χ2n) is 3.02. The van der Waals surface area contributed by atoms with Crippen LogP contribution in [0.1, 0.15) is 35.0 Å². The molecule has 0 fully saturated rings. The Hall–Kier alpha value is -0.750. The molecule has 1 rings (SSSR count). The molecule has 17 heavy (non-hydrogen) atoms. The number of alkyl halides is 3. The van der Waals surface area contributed by atoms with E-state index in [0.29, 0.717) is 0 Å². The molecule has 1 heterocycles. The van der Waals surface area contributed by atoms with E-state index in [1.807, 2.05) is 0 Å². The van der Waals surface area contributed by atoms with Gasteiger partial charge in [0.2, 0.25) is 0 Å². The Balaban J connectivity index is 3.24. The van der Waals surface area contributed by atoms with Gasteiger partial charge in [0, 0.05) is 16.5 Å². The number of carbonyl (C=O) groups excluding carboxylic acids is 1. The van der Waals surface area contributed by atoms with E-state index >= 15 is 0 Å². The molecule has 0 spiro atoms. The highest BCUT2D eigenvalue weighted by Gasteiger charge is 2.20. The highest BCUT2D eigenvalue weighted by Crippen LogP contribution is 2.29. The minimum absolute atomic E-state index is 0.122. The van der Waals surface area contributed by atoms with Crippen molar-refractivity contribution < 1.29 is 18.3 Å². The van der Waals surface area contributed by atoms with E-state index in [9.17, 15) is 13.6 Å². The van der Waals surface area contributed by atoms with Gasteiger partial charge >= 0.3 is 5.97 Å². The zero-order valence-electron chi connectivity index (χ0n) is 8.84. The normalized spacial score (nSPS) is 10.7. The largest absolute Gasteiger partial charge is 0.461 e. The Labute approximate surface area is 110 Å². The predicted molar refractivity (Wildman–Crippen MR) is 62.8 cm³/mol. The van der Waals surface area contributed by atoms with Crippen LogP contribution in [-0.4, -0.2) is 17.6 Å². The Bertz CT molecular complexity index is 429. The van der Waals surface area contributed by atoms with Crippen molar-refractivity contribution in [2.75, 3.05) is 6.61 Å². The molecule has 94 valence electrons. The second-order valence-corrected chi connectivity index (χ2v) is 3.94. The van der Waals surface area contributed by atoms with Crippen molar-refractivity contribution in [3.63, 3.8) is 0 Å². The zero-order chi connectivity index (χ0) is 13.0. The van der Waals surface area contributed by atoms with Crippen LogP contribution < -0.4 is 0 Å². The summed E-state index contributed by atoms with van der Waals surface area (Å²) in [5.41, 5.74) is -0.350. The first kappa shape index (κ1) is 14.3. The van der Waals surface area contributed by atoms with Crippen molar-refractivity contribution in [1.29, 1.82) is 0 Å².